The summed E-state index contributed by atoms with van der Waals surface area (Å²) in [6, 6.07) is 3.99. The summed E-state index contributed by atoms with van der Waals surface area (Å²) >= 11 is 0. The van der Waals surface area contributed by atoms with Crippen LogP contribution in [-0.2, 0) is 6.18 Å². The van der Waals surface area contributed by atoms with Crippen molar-refractivity contribution < 1.29 is 17.9 Å². The average Bonchev–Trinajstić information content (AvgIpc) is 2.99. The number of halogens is 3. The molecule has 0 radical (unpaired) electrons. The molecule has 1 aliphatic rings. The van der Waals surface area contributed by atoms with Gasteiger partial charge in [-0.3, -0.25) is 0 Å². The van der Waals surface area contributed by atoms with Gasteiger partial charge in [-0.1, -0.05) is 13.8 Å². The van der Waals surface area contributed by atoms with E-state index in [1.807, 2.05) is 13.8 Å². The van der Waals surface area contributed by atoms with Gasteiger partial charge in [-0.15, -0.1) is 0 Å². The molecule has 0 saturated heterocycles. The topological polar surface area (TPSA) is 9.23 Å². The van der Waals surface area contributed by atoms with Crippen LogP contribution in [0.25, 0.3) is 0 Å². The smallest absolute Gasteiger partial charge is 0.416 e. The van der Waals surface area contributed by atoms with E-state index in [0.717, 1.165) is 18.9 Å². The summed E-state index contributed by atoms with van der Waals surface area (Å²) in [5.74, 6) is 0.393. The molecule has 2 rings (SSSR count). The van der Waals surface area contributed by atoms with Crippen molar-refractivity contribution in [1.82, 2.24) is 0 Å². The Balaban J connectivity index is 2.34. The van der Waals surface area contributed by atoms with Crippen LogP contribution < -0.4 is 4.74 Å². The minimum atomic E-state index is -4.31. The fourth-order valence-electron chi connectivity index (χ4n) is 1.57. The number of ether oxygens (including phenoxy) is 1. The van der Waals surface area contributed by atoms with Crippen LogP contribution in [-0.4, -0.2) is 6.10 Å². The Bertz CT molecular complexity index is 406. The fraction of sp³-hybridized carbons (Fsp3) is 0.538. The molecule has 1 nitrogen and oxygen atoms in total. The zero-order valence-electron chi connectivity index (χ0n) is 9.84. The molecule has 4 heteroatoms. The molecule has 0 atom stereocenters. The van der Waals surface area contributed by atoms with E-state index < -0.39 is 11.7 Å². The molecule has 0 heterocycles. The zero-order chi connectivity index (χ0) is 12.6. The highest BCUT2D eigenvalue weighted by molar-refractivity contribution is 5.37. The first-order valence-corrected chi connectivity index (χ1v) is 5.75. The molecule has 0 amide bonds. The number of benzene rings is 1. The minimum Gasteiger partial charge on any atom is -0.490 e. The Labute approximate surface area is 98.6 Å². The third-order valence-corrected chi connectivity index (χ3v) is 2.75. The van der Waals surface area contributed by atoms with E-state index in [-0.39, 0.29) is 12.0 Å². The van der Waals surface area contributed by atoms with Crippen molar-refractivity contribution in [3.8, 4) is 5.75 Å². The summed E-state index contributed by atoms with van der Waals surface area (Å²) in [7, 11) is 0. The van der Waals surface area contributed by atoms with Crippen molar-refractivity contribution in [1.29, 1.82) is 0 Å². The van der Waals surface area contributed by atoms with Crippen molar-refractivity contribution in [2.75, 3.05) is 0 Å². The van der Waals surface area contributed by atoms with Gasteiger partial charge in [0.1, 0.15) is 5.75 Å². The molecule has 0 spiro atoms. The van der Waals surface area contributed by atoms with Crippen LogP contribution in [0.15, 0.2) is 18.2 Å². The Kier molecular flexibility index (Phi) is 3.06. The highest BCUT2D eigenvalue weighted by atomic mass is 19.4. The van der Waals surface area contributed by atoms with Crippen molar-refractivity contribution in [2.45, 2.75) is 44.9 Å². The highest BCUT2D eigenvalue weighted by Gasteiger charge is 2.32. The second kappa shape index (κ2) is 4.24. The quantitative estimate of drug-likeness (QED) is 0.767. The van der Waals surface area contributed by atoms with Gasteiger partial charge in [-0.2, -0.15) is 13.2 Å². The van der Waals surface area contributed by atoms with E-state index in [1.165, 1.54) is 6.07 Å². The van der Waals surface area contributed by atoms with Crippen LogP contribution >= 0.6 is 0 Å². The summed E-state index contributed by atoms with van der Waals surface area (Å²) in [5, 5.41) is 0. The summed E-state index contributed by atoms with van der Waals surface area (Å²) in [5.41, 5.74) is 0.0369. The maximum atomic E-state index is 12.7. The molecule has 1 fully saturated rings. The Morgan fingerprint density at radius 2 is 1.82 bits per heavy atom. The lowest BCUT2D eigenvalue weighted by Gasteiger charge is -2.14. The Morgan fingerprint density at radius 3 is 2.29 bits per heavy atom. The number of hydrogen-bond donors (Lipinski definition) is 0. The lowest BCUT2D eigenvalue weighted by Crippen LogP contribution is -2.07. The summed E-state index contributed by atoms with van der Waals surface area (Å²) in [4.78, 5) is 0. The number of alkyl halides is 3. The van der Waals surface area contributed by atoms with Gasteiger partial charge in [-0.25, -0.2) is 0 Å². The molecule has 0 aromatic heterocycles. The lowest BCUT2D eigenvalue weighted by atomic mass is 10.00. The van der Waals surface area contributed by atoms with E-state index in [2.05, 4.69) is 0 Å². The molecule has 1 aromatic rings. The minimum absolute atomic E-state index is 0.0545. The third-order valence-electron chi connectivity index (χ3n) is 2.75. The van der Waals surface area contributed by atoms with Crippen molar-refractivity contribution in [2.24, 2.45) is 0 Å². The van der Waals surface area contributed by atoms with Crippen LogP contribution in [0.5, 0.6) is 5.75 Å². The molecule has 94 valence electrons. The summed E-state index contributed by atoms with van der Waals surface area (Å²) in [6.45, 7) is 3.74. The van der Waals surface area contributed by atoms with E-state index in [1.54, 1.807) is 6.07 Å². The highest BCUT2D eigenvalue weighted by Crippen LogP contribution is 2.36. The predicted molar refractivity (Wildman–Crippen MR) is 59.2 cm³/mol. The number of rotatable bonds is 3. The molecule has 1 aliphatic carbocycles. The average molecular weight is 244 g/mol. The molecule has 1 saturated carbocycles. The van der Waals surface area contributed by atoms with Gasteiger partial charge in [-0.05, 0) is 42.5 Å². The monoisotopic (exact) mass is 244 g/mol. The zero-order valence-corrected chi connectivity index (χ0v) is 9.84. The van der Waals surface area contributed by atoms with Gasteiger partial charge < -0.3 is 4.74 Å². The van der Waals surface area contributed by atoms with Crippen LogP contribution in [0.2, 0.25) is 0 Å². The first-order valence-electron chi connectivity index (χ1n) is 5.75. The third kappa shape index (κ3) is 3.14. The maximum absolute atomic E-state index is 12.7. The second-order valence-corrected chi connectivity index (χ2v) is 4.76. The molecule has 0 bridgehead atoms. The maximum Gasteiger partial charge on any atom is 0.416 e. The lowest BCUT2D eigenvalue weighted by molar-refractivity contribution is -0.137. The van der Waals surface area contributed by atoms with Crippen LogP contribution in [0.4, 0.5) is 13.2 Å². The molecule has 0 aliphatic heterocycles. The SMILES string of the molecule is CC(C)c1cc(OC2CC2)cc(C(F)(F)F)c1. The molecular weight excluding hydrogens is 229 g/mol. The summed E-state index contributed by atoms with van der Waals surface area (Å²) < 4.78 is 43.6. The van der Waals surface area contributed by atoms with Crippen LogP contribution in [0.3, 0.4) is 0 Å². The van der Waals surface area contributed by atoms with Crippen molar-refractivity contribution in [3.63, 3.8) is 0 Å². The van der Waals surface area contributed by atoms with Crippen molar-refractivity contribution in [3.05, 3.63) is 29.3 Å². The molecule has 0 N–H and O–H groups in total. The van der Waals surface area contributed by atoms with Gasteiger partial charge in [0.05, 0.1) is 11.7 Å². The molecule has 1 aromatic carbocycles. The molecule has 17 heavy (non-hydrogen) atoms. The van der Waals surface area contributed by atoms with Crippen molar-refractivity contribution >= 4 is 0 Å². The first-order chi connectivity index (χ1) is 7.86. The Morgan fingerprint density at radius 1 is 1.18 bits per heavy atom. The fourth-order valence-corrected chi connectivity index (χ4v) is 1.57. The molecular formula is C13H15F3O. The van der Waals surface area contributed by atoms with E-state index in [4.69, 9.17) is 4.74 Å². The van der Waals surface area contributed by atoms with Gasteiger partial charge >= 0.3 is 6.18 Å². The first kappa shape index (κ1) is 12.3. The van der Waals surface area contributed by atoms with E-state index in [9.17, 15) is 13.2 Å². The largest absolute Gasteiger partial charge is 0.490 e. The summed E-state index contributed by atoms with van der Waals surface area (Å²) in [6.07, 6.45) is -2.33. The van der Waals surface area contributed by atoms with Crippen LogP contribution in [0, 0.1) is 0 Å². The second-order valence-electron chi connectivity index (χ2n) is 4.76. The molecule has 0 unspecified atom stereocenters. The van der Waals surface area contributed by atoms with Gasteiger partial charge in [0.2, 0.25) is 0 Å². The Hall–Kier alpha value is -1.19. The van der Waals surface area contributed by atoms with E-state index >= 15 is 0 Å². The van der Waals surface area contributed by atoms with E-state index in [0.29, 0.717) is 11.3 Å². The number of hydrogen-bond acceptors (Lipinski definition) is 1. The van der Waals surface area contributed by atoms with Gasteiger partial charge in [0, 0.05) is 0 Å². The van der Waals surface area contributed by atoms with Gasteiger partial charge in [0.15, 0.2) is 0 Å². The predicted octanol–water partition coefficient (Wildman–Crippen LogP) is 4.37. The van der Waals surface area contributed by atoms with Gasteiger partial charge in [0.25, 0.3) is 0 Å². The van der Waals surface area contributed by atoms with Crippen LogP contribution in [0.1, 0.15) is 43.7 Å². The standard InChI is InChI=1S/C13H15F3O/c1-8(2)9-5-10(13(14,15)16)7-12(6-9)17-11-3-4-11/h5-8,11H,3-4H2,1-2H3. The normalized spacial score (nSPS) is 16.4.